The van der Waals surface area contributed by atoms with Gasteiger partial charge in [0.05, 0.1) is 7.11 Å². The molecule has 0 radical (unpaired) electrons. The lowest BCUT2D eigenvalue weighted by atomic mass is 9.85. The number of aryl methyl sites for hydroxylation is 1. The number of carbonyl (C=O) groups is 1. The van der Waals surface area contributed by atoms with Crippen LogP contribution in [0, 0.1) is 12.3 Å². The Morgan fingerprint density at radius 2 is 2.05 bits per heavy atom. The van der Waals surface area contributed by atoms with Crippen LogP contribution >= 0.6 is 0 Å². The first-order valence-corrected chi connectivity index (χ1v) is 6.44. The van der Waals surface area contributed by atoms with Gasteiger partial charge in [0.15, 0.2) is 0 Å². The summed E-state index contributed by atoms with van der Waals surface area (Å²) in [6.45, 7) is 8.03. The molecular weight excluding hydrogens is 240 g/mol. The molecule has 1 unspecified atom stereocenters. The first kappa shape index (κ1) is 15.5. The van der Waals surface area contributed by atoms with E-state index in [1.807, 2.05) is 45.9 Å². The Labute approximate surface area is 115 Å². The van der Waals surface area contributed by atoms with E-state index in [0.29, 0.717) is 6.42 Å². The maximum absolute atomic E-state index is 11.9. The zero-order valence-corrected chi connectivity index (χ0v) is 12.4. The summed E-state index contributed by atoms with van der Waals surface area (Å²) < 4.78 is 5.18. The number of nitrogens with two attached hydrogens (primary N) is 1. The van der Waals surface area contributed by atoms with Gasteiger partial charge < -0.3 is 15.8 Å². The largest absolute Gasteiger partial charge is 0.496 e. The van der Waals surface area contributed by atoms with Crippen molar-refractivity contribution in [2.24, 2.45) is 11.1 Å². The van der Waals surface area contributed by atoms with Gasteiger partial charge in [-0.15, -0.1) is 0 Å². The van der Waals surface area contributed by atoms with Crippen LogP contribution in [0.3, 0.4) is 0 Å². The molecule has 1 aromatic carbocycles. The van der Waals surface area contributed by atoms with E-state index >= 15 is 0 Å². The van der Waals surface area contributed by atoms with E-state index in [1.54, 1.807) is 7.11 Å². The van der Waals surface area contributed by atoms with Crippen LogP contribution in [0.15, 0.2) is 18.2 Å². The van der Waals surface area contributed by atoms with Crippen molar-refractivity contribution in [3.63, 3.8) is 0 Å². The lowest BCUT2D eigenvalue weighted by Crippen LogP contribution is -2.38. The highest BCUT2D eigenvalue weighted by Crippen LogP contribution is 2.23. The van der Waals surface area contributed by atoms with Gasteiger partial charge in [0, 0.05) is 18.2 Å². The molecule has 0 aliphatic carbocycles. The molecule has 4 nitrogen and oxygen atoms in total. The summed E-state index contributed by atoms with van der Waals surface area (Å²) in [7, 11) is 1.63. The number of nitrogens with one attached hydrogen (secondary N) is 1. The molecule has 3 N–H and O–H groups in total. The second kappa shape index (κ2) is 6.06. The third kappa shape index (κ3) is 4.56. The summed E-state index contributed by atoms with van der Waals surface area (Å²) in [4.78, 5) is 11.9. The second-order valence-corrected chi connectivity index (χ2v) is 5.91. The molecule has 4 heteroatoms. The van der Waals surface area contributed by atoms with Crippen molar-refractivity contribution in [3.8, 4) is 5.75 Å². The molecule has 0 spiro atoms. The van der Waals surface area contributed by atoms with Crippen molar-refractivity contribution in [2.75, 3.05) is 12.4 Å². The van der Waals surface area contributed by atoms with E-state index < -0.39 is 0 Å². The molecule has 0 aliphatic rings. The van der Waals surface area contributed by atoms with E-state index in [9.17, 15) is 4.79 Å². The number of benzene rings is 1. The van der Waals surface area contributed by atoms with Gasteiger partial charge in [-0.2, -0.15) is 0 Å². The van der Waals surface area contributed by atoms with Crippen LogP contribution in [0.5, 0.6) is 5.75 Å². The summed E-state index contributed by atoms with van der Waals surface area (Å²) in [6, 6.07) is 5.40. The minimum absolute atomic E-state index is 0.0630. The van der Waals surface area contributed by atoms with Gasteiger partial charge in [-0.1, -0.05) is 20.8 Å². The molecule has 106 valence electrons. The van der Waals surface area contributed by atoms with E-state index in [1.165, 1.54) is 0 Å². The van der Waals surface area contributed by atoms with Crippen LogP contribution in [0.25, 0.3) is 0 Å². The van der Waals surface area contributed by atoms with E-state index in [2.05, 4.69) is 5.32 Å². The van der Waals surface area contributed by atoms with Crippen LogP contribution in [0.1, 0.15) is 32.8 Å². The maximum Gasteiger partial charge on any atom is 0.225 e. The van der Waals surface area contributed by atoms with Crippen LogP contribution < -0.4 is 15.8 Å². The van der Waals surface area contributed by atoms with Crippen LogP contribution in [-0.4, -0.2) is 19.1 Å². The quantitative estimate of drug-likeness (QED) is 0.878. The number of methoxy groups -OCH3 is 1. The molecule has 1 amide bonds. The second-order valence-electron chi connectivity index (χ2n) is 5.91. The van der Waals surface area contributed by atoms with Gasteiger partial charge in [-0.25, -0.2) is 0 Å². The average Bonchev–Trinajstić information content (AvgIpc) is 2.27. The van der Waals surface area contributed by atoms with Crippen molar-refractivity contribution >= 4 is 11.6 Å². The SMILES string of the molecule is COc1ccc(NC(=O)CC(N)C(C)(C)C)cc1C. The Bertz CT molecular complexity index is 450. The minimum atomic E-state index is -0.160. The van der Waals surface area contributed by atoms with Crippen molar-refractivity contribution < 1.29 is 9.53 Å². The Kier molecular flexibility index (Phi) is 4.95. The van der Waals surface area contributed by atoms with Gasteiger partial charge in [-0.05, 0) is 36.1 Å². The van der Waals surface area contributed by atoms with Gasteiger partial charge in [-0.3, -0.25) is 4.79 Å². The van der Waals surface area contributed by atoms with Gasteiger partial charge in [0.25, 0.3) is 0 Å². The van der Waals surface area contributed by atoms with Crippen molar-refractivity contribution in [3.05, 3.63) is 23.8 Å². The fraction of sp³-hybridized carbons (Fsp3) is 0.533. The molecule has 0 fully saturated rings. The van der Waals surface area contributed by atoms with Crippen molar-refractivity contribution in [1.82, 2.24) is 0 Å². The third-order valence-corrected chi connectivity index (χ3v) is 3.20. The van der Waals surface area contributed by atoms with Crippen molar-refractivity contribution in [1.29, 1.82) is 0 Å². The first-order chi connectivity index (χ1) is 8.74. The van der Waals surface area contributed by atoms with Crippen molar-refractivity contribution in [2.45, 2.75) is 40.2 Å². The Balaban J connectivity index is 2.65. The molecule has 0 heterocycles. The van der Waals surface area contributed by atoms with E-state index in [4.69, 9.17) is 10.5 Å². The standard InChI is InChI=1S/C15H24N2O2/c1-10-8-11(6-7-12(10)19-5)17-14(18)9-13(16)15(2,3)4/h6-8,13H,9,16H2,1-5H3,(H,17,18). The number of anilines is 1. The minimum Gasteiger partial charge on any atom is -0.496 e. The summed E-state index contributed by atoms with van der Waals surface area (Å²) in [6.07, 6.45) is 0.314. The molecule has 0 aliphatic heterocycles. The third-order valence-electron chi connectivity index (χ3n) is 3.20. The summed E-state index contributed by atoms with van der Waals surface area (Å²) in [5.41, 5.74) is 7.68. The Hall–Kier alpha value is -1.55. The van der Waals surface area contributed by atoms with Gasteiger partial charge in [0.1, 0.15) is 5.75 Å². The average molecular weight is 264 g/mol. The zero-order valence-electron chi connectivity index (χ0n) is 12.4. The summed E-state index contributed by atoms with van der Waals surface area (Å²) in [5, 5.41) is 2.86. The summed E-state index contributed by atoms with van der Waals surface area (Å²) in [5.74, 6) is 0.747. The smallest absolute Gasteiger partial charge is 0.225 e. The first-order valence-electron chi connectivity index (χ1n) is 6.44. The van der Waals surface area contributed by atoms with Gasteiger partial charge in [0.2, 0.25) is 5.91 Å². The topological polar surface area (TPSA) is 64.3 Å². The monoisotopic (exact) mass is 264 g/mol. The Morgan fingerprint density at radius 1 is 1.42 bits per heavy atom. The lowest BCUT2D eigenvalue weighted by Gasteiger charge is -2.26. The fourth-order valence-electron chi connectivity index (χ4n) is 1.67. The van der Waals surface area contributed by atoms with Crippen LogP contribution in [0.4, 0.5) is 5.69 Å². The van der Waals surface area contributed by atoms with Crippen LogP contribution in [0.2, 0.25) is 0 Å². The highest BCUT2D eigenvalue weighted by Gasteiger charge is 2.23. The van der Waals surface area contributed by atoms with Gasteiger partial charge >= 0.3 is 0 Å². The zero-order chi connectivity index (χ0) is 14.6. The lowest BCUT2D eigenvalue weighted by molar-refractivity contribution is -0.117. The van der Waals surface area contributed by atoms with E-state index in [0.717, 1.165) is 17.0 Å². The molecule has 1 aromatic rings. The molecule has 1 rings (SSSR count). The fourth-order valence-corrected chi connectivity index (χ4v) is 1.67. The number of ether oxygens (including phenoxy) is 1. The van der Waals surface area contributed by atoms with E-state index in [-0.39, 0.29) is 17.4 Å². The number of rotatable bonds is 4. The molecule has 1 atom stereocenters. The molecule has 0 bridgehead atoms. The molecule has 0 saturated heterocycles. The molecular formula is C15H24N2O2. The predicted octanol–water partition coefficient (Wildman–Crippen LogP) is 2.71. The normalized spacial score (nSPS) is 12.9. The highest BCUT2D eigenvalue weighted by atomic mass is 16.5. The number of amides is 1. The number of carbonyl (C=O) groups excluding carboxylic acids is 1. The summed E-state index contributed by atoms with van der Waals surface area (Å²) >= 11 is 0. The highest BCUT2D eigenvalue weighted by molar-refractivity contribution is 5.91. The number of hydrogen-bond donors (Lipinski definition) is 2. The molecule has 19 heavy (non-hydrogen) atoms. The molecule has 0 aromatic heterocycles. The Morgan fingerprint density at radius 3 is 2.53 bits per heavy atom. The molecule has 0 saturated carbocycles. The maximum atomic E-state index is 11.9. The number of hydrogen-bond acceptors (Lipinski definition) is 3. The van der Waals surface area contributed by atoms with Crippen LogP contribution in [-0.2, 0) is 4.79 Å². The predicted molar refractivity (Wildman–Crippen MR) is 78.4 cm³/mol.